The van der Waals surface area contributed by atoms with E-state index in [0.29, 0.717) is 16.7 Å². The standard InChI is InChI=1S/C19H15N3O4/c1-11(17-10-12-5-2-3-8-16(12)26-17)20-19(23)14-9-13-6-4-7-15(22(24)25)18(13)21-14/h2-11,21H,1H3,(H,20,23). The predicted molar refractivity (Wildman–Crippen MR) is 97.0 cm³/mol. The number of aromatic amines is 1. The van der Waals surface area contributed by atoms with Gasteiger partial charge in [-0.25, -0.2) is 0 Å². The Hall–Kier alpha value is -3.61. The molecule has 1 unspecified atom stereocenters. The molecule has 2 N–H and O–H groups in total. The first-order valence-corrected chi connectivity index (χ1v) is 8.08. The molecule has 0 bridgehead atoms. The summed E-state index contributed by atoms with van der Waals surface area (Å²) in [6, 6.07) is 15.5. The van der Waals surface area contributed by atoms with Gasteiger partial charge in [0.1, 0.15) is 22.6 Å². The summed E-state index contributed by atoms with van der Waals surface area (Å²) in [7, 11) is 0. The topological polar surface area (TPSA) is 101 Å². The second kappa shape index (κ2) is 6.03. The average molecular weight is 349 g/mol. The van der Waals surface area contributed by atoms with Crippen LogP contribution in [0.4, 0.5) is 5.69 Å². The smallest absolute Gasteiger partial charge is 0.293 e. The molecule has 0 saturated heterocycles. The molecule has 0 saturated carbocycles. The molecule has 0 radical (unpaired) electrons. The third-order valence-corrected chi connectivity index (χ3v) is 4.29. The van der Waals surface area contributed by atoms with Gasteiger partial charge < -0.3 is 14.7 Å². The molecule has 0 spiro atoms. The summed E-state index contributed by atoms with van der Waals surface area (Å²) >= 11 is 0. The summed E-state index contributed by atoms with van der Waals surface area (Å²) < 4.78 is 5.76. The number of carbonyl (C=O) groups is 1. The van der Waals surface area contributed by atoms with Gasteiger partial charge in [-0.15, -0.1) is 0 Å². The van der Waals surface area contributed by atoms with Crippen molar-refractivity contribution in [2.75, 3.05) is 0 Å². The minimum absolute atomic E-state index is 0.0631. The highest BCUT2D eigenvalue weighted by molar-refractivity contribution is 6.00. The van der Waals surface area contributed by atoms with Gasteiger partial charge in [0, 0.05) is 16.8 Å². The van der Waals surface area contributed by atoms with Gasteiger partial charge in [-0.1, -0.05) is 30.3 Å². The van der Waals surface area contributed by atoms with Crippen molar-refractivity contribution in [3.63, 3.8) is 0 Å². The van der Waals surface area contributed by atoms with E-state index in [2.05, 4.69) is 10.3 Å². The Kier molecular flexibility index (Phi) is 3.69. The Labute approximate surface area is 147 Å². The van der Waals surface area contributed by atoms with Gasteiger partial charge in [0.05, 0.1) is 11.0 Å². The molecule has 0 aliphatic heterocycles. The minimum atomic E-state index is -0.475. The third-order valence-electron chi connectivity index (χ3n) is 4.29. The van der Waals surface area contributed by atoms with Crippen LogP contribution in [-0.2, 0) is 0 Å². The van der Waals surface area contributed by atoms with Crippen LogP contribution in [0.5, 0.6) is 0 Å². The monoisotopic (exact) mass is 349 g/mol. The zero-order valence-electron chi connectivity index (χ0n) is 13.9. The van der Waals surface area contributed by atoms with E-state index in [-0.39, 0.29) is 23.3 Å². The molecule has 0 fully saturated rings. The van der Waals surface area contributed by atoms with Crippen LogP contribution in [-0.4, -0.2) is 15.8 Å². The van der Waals surface area contributed by atoms with E-state index in [1.165, 1.54) is 6.07 Å². The first-order valence-electron chi connectivity index (χ1n) is 8.08. The summed E-state index contributed by atoms with van der Waals surface area (Å²) in [6.07, 6.45) is 0. The number of hydrogen-bond donors (Lipinski definition) is 2. The number of non-ortho nitro benzene ring substituents is 1. The highest BCUT2D eigenvalue weighted by Crippen LogP contribution is 2.26. The molecular formula is C19H15N3O4. The summed E-state index contributed by atoms with van der Waals surface area (Å²) in [5, 5.41) is 15.5. The molecule has 4 rings (SSSR count). The van der Waals surface area contributed by atoms with Gasteiger partial charge >= 0.3 is 0 Å². The molecule has 26 heavy (non-hydrogen) atoms. The third kappa shape index (κ3) is 2.69. The van der Waals surface area contributed by atoms with Crippen molar-refractivity contribution in [2.45, 2.75) is 13.0 Å². The number of furan rings is 1. The summed E-state index contributed by atoms with van der Waals surface area (Å²) in [5.41, 5.74) is 1.29. The van der Waals surface area contributed by atoms with E-state index in [1.807, 2.05) is 37.3 Å². The van der Waals surface area contributed by atoms with Crippen LogP contribution in [0, 0.1) is 10.1 Å². The fraction of sp³-hybridized carbons (Fsp3) is 0.105. The molecule has 0 aliphatic rings. The Morgan fingerprint density at radius 2 is 1.92 bits per heavy atom. The molecule has 4 aromatic rings. The lowest BCUT2D eigenvalue weighted by molar-refractivity contribution is -0.383. The molecular weight excluding hydrogens is 334 g/mol. The molecule has 2 aromatic carbocycles. The Balaban J connectivity index is 1.60. The van der Waals surface area contributed by atoms with E-state index in [1.54, 1.807) is 18.2 Å². The average Bonchev–Trinajstić information content (AvgIpc) is 3.25. The number of rotatable bonds is 4. The Bertz CT molecular complexity index is 1110. The van der Waals surface area contributed by atoms with E-state index < -0.39 is 4.92 Å². The Morgan fingerprint density at radius 3 is 2.69 bits per heavy atom. The highest BCUT2D eigenvalue weighted by atomic mass is 16.6. The van der Waals surface area contributed by atoms with Gasteiger partial charge in [0.15, 0.2) is 0 Å². The second-order valence-electron chi connectivity index (χ2n) is 6.06. The van der Waals surface area contributed by atoms with Crippen molar-refractivity contribution in [1.82, 2.24) is 10.3 Å². The van der Waals surface area contributed by atoms with Crippen molar-refractivity contribution >= 4 is 33.5 Å². The number of carbonyl (C=O) groups excluding carboxylic acids is 1. The summed E-state index contributed by atoms with van der Waals surface area (Å²) in [6.45, 7) is 1.82. The molecule has 130 valence electrons. The van der Waals surface area contributed by atoms with Gasteiger partial charge in [-0.3, -0.25) is 14.9 Å². The maximum Gasteiger partial charge on any atom is 0.293 e. The lowest BCUT2D eigenvalue weighted by Crippen LogP contribution is -2.26. The number of nitro benzene ring substituents is 1. The molecule has 0 aliphatic carbocycles. The van der Waals surface area contributed by atoms with Crippen molar-refractivity contribution < 1.29 is 14.1 Å². The van der Waals surface area contributed by atoms with Crippen molar-refractivity contribution in [3.05, 3.63) is 76.2 Å². The zero-order valence-corrected chi connectivity index (χ0v) is 13.9. The highest BCUT2D eigenvalue weighted by Gasteiger charge is 2.19. The number of aromatic nitrogens is 1. The number of amides is 1. The van der Waals surface area contributed by atoms with Crippen molar-refractivity contribution in [3.8, 4) is 0 Å². The van der Waals surface area contributed by atoms with Gasteiger partial charge in [0.25, 0.3) is 11.6 Å². The maximum absolute atomic E-state index is 12.5. The normalized spacial score (nSPS) is 12.3. The van der Waals surface area contributed by atoms with Gasteiger partial charge in [-0.05, 0) is 25.1 Å². The lowest BCUT2D eigenvalue weighted by atomic mass is 10.2. The minimum Gasteiger partial charge on any atom is -0.459 e. The molecule has 7 nitrogen and oxygen atoms in total. The van der Waals surface area contributed by atoms with E-state index in [9.17, 15) is 14.9 Å². The van der Waals surface area contributed by atoms with Crippen LogP contribution in [0.15, 0.2) is 59.0 Å². The second-order valence-corrected chi connectivity index (χ2v) is 6.06. The van der Waals surface area contributed by atoms with Crippen molar-refractivity contribution in [2.24, 2.45) is 0 Å². The fourth-order valence-electron chi connectivity index (χ4n) is 2.98. The van der Waals surface area contributed by atoms with Crippen LogP contribution in [0.2, 0.25) is 0 Å². The Morgan fingerprint density at radius 1 is 1.15 bits per heavy atom. The maximum atomic E-state index is 12.5. The zero-order chi connectivity index (χ0) is 18.3. The largest absolute Gasteiger partial charge is 0.459 e. The quantitative estimate of drug-likeness (QED) is 0.423. The van der Waals surface area contributed by atoms with Gasteiger partial charge in [0.2, 0.25) is 0 Å². The van der Waals surface area contributed by atoms with Crippen LogP contribution in [0.1, 0.15) is 29.2 Å². The van der Waals surface area contributed by atoms with Crippen LogP contribution < -0.4 is 5.32 Å². The number of hydrogen-bond acceptors (Lipinski definition) is 4. The SMILES string of the molecule is CC(NC(=O)c1cc2cccc([N+](=O)[O-])c2[nH]1)c1cc2ccccc2o1. The van der Waals surface area contributed by atoms with E-state index >= 15 is 0 Å². The number of para-hydroxylation sites is 2. The number of nitrogens with one attached hydrogen (secondary N) is 2. The number of H-pyrrole nitrogens is 1. The van der Waals surface area contributed by atoms with E-state index in [0.717, 1.165) is 11.0 Å². The van der Waals surface area contributed by atoms with Crippen LogP contribution in [0.3, 0.4) is 0 Å². The summed E-state index contributed by atoms with van der Waals surface area (Å²) in [4.78, 5) is 26.0. The summed E-state index contributed by atoms with van der Waals surface area (Å²) in [5.74, 6) is 0.282. The van der Waals surface area contributed by atoms with Crippen molar-refractivity contribution in [1.29, 1.82) is 0 Å². The van der Waals surface area contributed by atoms with E-state index in [4.69, 9.17) is 4.42 Å². The number of nitro groups is 1. The van der Waals surface area contributed by atoms with Crippen LogP contribution >= 0.6 is 0 Å². The van der Waals surface area contributed by atoms with Gasteiger partial charge in [-0.2, -0.15) is 0 Å². The van der Waals surface area contributed by atoms with Crippen LogP contribution in [0.25, 0.3) is 21.9 Å². The molecule has 1 amide bonds. The molecule has 1 atom stereocenters. The lowest BCUT2D eigenvalue weighted by Gasteiger charge is -2.10. The fourth-order valence-corrected chi connectivity index (χ4v) is 2.98. The first-order chi connectivity index (χ1) is 12.5. The molecule has 2 heterocycles. The molecule has 2 aromatic heterocycles. The first kappa shape index (κ1) is 15.9. The number of nitrogens with zero attached hydrogens (tertiary/aromatic N) is 1. The number of benzene rings is 2. The predicted octanol–water partition coefficient (Wildman–Crippen LogP) is 4.31. The molecule has 7 heteroatoms. The number of fused-ring (bicyclic) bond motifs is 2.